The lowest BCUT2D eigenvalue weighted by Crippen LogP contribution is -2.36. The molecule has 80 valence electrons. The fourth-order valence-electron chi connectivity index (χ4n) is 1.57. The van der Waals surface area contributed by atoms with Gasteiger partial charge < -0.3 is 10.0 Å². The van der Waals surface area contributed by atoms with Crippen LogP contribution in [0, 0.1) is 11.3 Å². The van der Waals surface area contributed by atoms with E-state index in [2.05, 4.69) is 6.07 Å². The minimum absolute atomic E-state index is 0.492. The van der Waals surface area contributed by atoms with Crippen molar-refractivity contribution in [1.29, 1.82) is 5.26 Å². The third-order valence-electron chi connectivity index (χ3n) is 2.06. The molecule has 3 nitrogen and oxygen atoms in total. The van der Waals surface area contributed by atoms with Crippen LogP contribution in [0.5, 0.6) is 0 Å². The van der Waals surface area contributed by atoms with Crippen molar-refractivity contribution >= 4 is 5.69 Å². The van der Waals surface area contributed by atoms with E-state index in [4.69, 9.17) is 5.26 Å². The van der Waals surface area contributed by atoms with Gasteiger partial charge in [-0.25, -0.2) is 0 Å². The Morgan fingerprint density at radius 3 is 2.53 bits per heavy atom. The maximum Gasteiger partial charge on any atom is 0.101 e. The minimum atomic E-state index is -0.767. The van der Waals surface area contributed by atoms with Crippen LogP contribution in [0.4, 0.5) is 5.69 Å². The van der Waals surface area contributed by atoms with Gasteiger partial charge >= 0.3 is 0 Å². The first-order valence-corrected chi connectivity index (χ1v) is 4.87. The molecule has 1 aromatic rings. The molecule has 0 atom stereocenters. The molecule has 0 heterocycles. The summed E-state index contributed by atoms with van der Waals surface area (Å²) in [6.07, 6.45) is 0. The van der Waals surface area contributed by atoms with Gasteiger partial charge in [0.1, 0.15) is 6.07 Å². The molecule has 0 aromatic heterocycles. The van der Waals surface area contributed by atoms with Crippen molar-refractivity contribution in [3.8, 4) is 6.07 Å². The molecule has 0 aliphatic heterocycles. The third kappa shape index (κ3) is 3.26. The molecular weight excluding hydrogens is 188 g/mol. The predicted molar refractivity (Wildman–Crippen MR) is 60.7 cm³/mol. The van der Waals surface area contributed by atoms with E-state index in [-0.39, 0.29) is 0 Å². The van der Waals surface area contributed by atoms with Gasteiger partial charge in [-0.05, 0) is 26.0 Å². The highest BCUT2D eigenvalue weighted by Crippen LogP contribution is 2.19. The zero-order valence-electron chi connectivity index (χ0n) is 9.36. The summed E-state index contributed by atoms with van der Waals surface area (Å²) in [6.45, 7) is 3.99. The lowest BCUT2D eigenvalue weighted by Gasteiger charge is -2.27. The number of aliphatic hydroxyl groups is 1. The van der Waals surface area contributed by atoms with Crippen molar-refractivity contribution < 1.29 is 5.11 Å². The van der Waals surface area contributed by atoms with Crippen LogP contribution < -0.4 is 4.90 Å². The first-order chi connectivity index (χ1) is 6.94. The molecule has 0 aliphatic carbocycles. The average Bonchev–Trinajstić information content (AvgIpc) is 2.15. The van der Waals surface area contributed by atoms with Gasteiger partial charge in [0.25, 0.3) is 0 Å². The van der Waals surface area contributed by atoms with E-state index in [9.17, 15) is 5.11 Å². The molecule has 1 aromatic carbocycles. The van der Waals surface area contributed by atoms with E-state index < -0.39 is 5.60 Å². The molecular formula is C12H16N2O. The van der Waals surface area contributed by atoms with Crippen molar-refractivity contribution in [2.24, 2.45) is 0 Å². The quantitative estimate of drug-likeness (QED) is 0.816. The third-order valence-corrected chi connectivity index (χ3v) is 2.06. The van der Waals surface area contributed by atoms with E-state index in [0.717, 1.165) is 5.69 Å². The Hall–Kier alpha value is -1.53. The molecule has 3 heteroatoms. The Morgan fingerprint density at radius 1 is 1.40 bits per heavy atom. The molecule has 0 radical (unpaired) electrons. The fraction of sp³-hybridized carbons (Fsp3) is 0.417. The summed E-state index contributed by atoms with van der Waals surface area (Å²) in [6, 6.07) is 9.51. The molecule has 0 aliphatic rings. The molecule has 0 fully saturated rings. The van der Waals surface area contributed by atoms with Gasteiger partial charge in [0.2, 0.25) is 0 Å². The van der Waals surface area contributed by atoms with E-state index >= 15 is 0 Å². The van der Waals surface area contributed by atoms with Crippen molar-refractivity contribution in [1.82, 2.24) is 0 Å². The van der Waals surface area contributed by atoms with Crippen LogP contribution in [0.2, 0.25) is 0 Å². The summed E-state index contributed by atoms with van der Waals surface area (Å²) < 4.78 is 0. The number of likely N-dealkylation sites (N-methyl/N-ethyl adjacent to an activating group) is 1. The second kappa shape index (κ2) is 4.33. The van der Waals surface area contributed by atoms with Crippen LogP contribution in [-0.4, -0.2) is 24.3 Å². The number of benzene rings is 1. The molecule has 1 rings (SSSR count). The van der Waals surface area contributed by atoms with E-state index in [1.807, 2.05) is 30.1 Å². The normalized spacial score (nSPS) is 10.9. The summed E-state index contributed by atoms with van der Waals surface area (Å²) in [5.41, 5.74) is 0.712. The maximum atomic E-state index is 9.69. The van der Waals surface area contributed by atoms with Crippen molar-refractivity contribution in [3.05, 3.63) is 29.8 Å². The Bertz CT molecular complexity index is 374. The lowest BCUT2D eigenvalue weighted by atomic mass is 10.1. The molecule has 0 saturated carbocycles. The van der Waals surface area contributed by atoms with Crippen molar-refractivity contribution in [2.45, 2.75) is 19.4 Å². The summed E-state index contributed by atoms with van der Waals surface area (Å²) in [7, 11) is 1.87. The highest BCUT2D eigenvalue weighted by Gasteiger charge is 2.17. The zero-order valence-corrected chi connectivity index (χ0v) is 9.36. The summed E-state index contributed by atoms with van der Waals surface area (Å²) in [5.74, 6) is 0. The zero-order chi connectivity index (χ0) is 11.5. The van der Waals surface area contributed by atoms with E-state index in [1.54, 1.807) is 19.9 Å². The molecule has 0 unspecified atom stereocenters. The van der Waals surface area contributed by atoms with Gasteiger partial charge in [-0.3, -0.25) is 0 Å². The van der Waals surface area contributed by atoms with Crippen LogP contribution >= 0.6 is 0 Å². The highest BCUT2D eigenvalue weighted by atomic mass is 16.3. The molecule has 0 bridgehead atoms. The molecule has 0 amide bonds. The van der Waals surface area contributed by atoms with Gasteiger partial charge in [0.05, 0.1) is 16.9 Å². The van der Waals surface area contributed by atoms with E-state index in [1.165, 1.54) is 0 Å². The second-order valence-electron chi connectivity index (χ2n) is 4.30. The van der Waals surface area contributed by atoms with Gasteiger partial charge in [0.15, 0.2) is 0 Å². The Labute approximate surface area is 90.6 Å². The molecule has 0 saturated heterocycles. The number of hydrogen-bond acceptors (Lipinski definition) is 3. The fourth-order valence-corrected chi connectivity index (χ4v) is 1.57. The van der Waals surface area contributed by atoms with Crippen LogP contribution in [0.3, 0.4) is 0 Å². The van der Waals surface area contributed by atoms with Crippen molar-refractivity contribution in [2.75, 3.05) is 18.5 Å². The van der Waals surface area contributed by atoms with Gasteiger partial charge in [0, 0.05) is 13.6 Å². The first-order valence-electron chi connectivity index (χ1n) is 4.87. The summed E-state index contributed by atoms with van der Waals surface area (Å²) >= 11 is 0. The monoisotopic (exact) mass is 204 g/mol. The van der Waals surface area contributed by atoms with Crippen LogP contribution in [0.1, 0.15) is 19.4 Å². The molecule has 0 spiro atoms. The van der Waals surface area contributed by atoms with Gasteiger partial charge in [-0.15, -0.1) is 0 Å². The van der Waals surface area contributed by atoms with Crippen molar-refractivity contribution in [3.63, 3.8) is 0 Å². The Morgan fingerprint density at radius 2 is 2.00 bits per heavy atom. The number of para-hydroxylation sites is 1. The standard InChI is InChI=1S/C12H16N2O/c1-12(2,15)9-14(3)11-7-5-4-6-10(11)8-13/h4-7,15H,9H2,1-3H3. The first kappa shape index (κ1) is 11.5. The van der Waals surface area contributed by atoms with Crippen LogP contribution in [-0.2, 0) is 0 Å². The van der Waals surface area contributed by atoms with Crippen LogP contribution in [0.25, 0.3) is 0 Å². The van der Waals surface area contributed by atoms with Gasteiger partial charge in [-0.2, -0.15) is 5.26 Å². The minimum Gasteiger partial charge on any atom is -0.389 e. The topological polar surface area (TPSA) is 47.3 Å². The predicted octanol–water partition coefficient (Wildman–Crippen LogP) is 1.77. The Balaban J connectivity index is 2.92. The molecule has 1 N–H and O–H groups in total. The smallest absolute Gasteiger partial charge is 0.101 e. The largest absolute Gasteiger partial charge is 0.389 e. The number of hydrogen-bond donors (Lipinski definition) is 1. The lowest BCUT2D eigenvalue weighted by molar-refractivity contribution is 0.0886. The number of rotatable bonds is 3. The number of anilines is 1. The van der Waals surface area contributed by atoms with Gasteiger partial charge in [-0.1, -0.05) is 12.1 Å². The second-order valence-corrected chi connectivity index (χ2v) is 4.30. The average molecular weight is 204 g/mol. The summed E-state index contributed by atoms with van der Waals surface area (Å²) in [4.78, 5) is 1.89. The SMILES string of the molecule is CN(CC(C)(C)O)c1ccccc1C#N. The maximum absolute atomic E-state index is 9.69. The Kier molecular flexibility index (Phi) is 3.33. The number of nitrogens with zero attached hydrogens (tertiary/aromatic N) is 2. The highest BCUT2D eigenvalue weighted by molar-refractivity contribution is 5.58. The number of nitriles is 1. The summed E-state index contributed by atoms with van der Waals surface area (Å²) in [5, 5.41) is 18.6. The van der Waals surface area contributed by atoms with Crippen LogP contribution in [0.15, 0.2) is 24.3 Å². The molecule has 15 heavy (non-hydrogen) atoms. The van der Waals surface area contributed by atoms with E-state index in [0.29, 0.717) is 12.1 Å².